The lowest BCUT2D eigenvalue weighted by molar-refractivity contribution is 0.0217. The Hall–Kier alpha value is -1.26. The van der Waals surface area contributed by atoms with Gasteiger partial charge in [0.2, 0.25) is 0 Å². The molecule has 0 spiro atoms. The molecule has 0 unspecified atom stereocenters. The maximum atomic E-state index is 5.64. The summed E-state index contributed by atoms with van der Waals surface area (Å²) < 4.78 is 16.1. The van der Waals surface area contributed by atoms with Crippen LogP contribution in [0.2, 0.25) is 0 Å². The van der Waals surface area contributed by atoms with Gasteiger partial charge in [0.25, 0.3) is 0 Å². The SMILES string of the molecule is CCOCOc1cc(OC)ccc1CNCC(C)C. The van der Waals surface area contributed by atoms with Gasteiger partial charge in [0.05, 0.1) is 7.11 Å². The molecule has 1 aromatic carbocycles. The van der Waals surface area contributed by atoms with E-state index >= 15 is 0 Å². The molecule has 0 saturated heterocycles. The van der Waals surface area contributed by atoms with Crippen molar-refractivity contribution in [2.75, 3.05) is 27.1 Å². The molecule has 1 rings (SSSR count). The normalized spacial score (nSPS) is 10.8. The van der Waals surface area contributed by atoms with E-state index in [0.717, 1.165) is 30.2 Å². The molecule has 0 fully saturated rings. The molecule has 108 valence electrons. The number of rotatable bonds is 9. The minimum absolute atomic E-state index is 0.265. The van der Waals surface area contributed by atoms with Crippen LogP contribution in [-0.4, -0.2) is 27.1 Å². The average molecular weight is 267 g/mol. The highest BCUT2D eigenvalue weighted by Gasteiger charge is 2.06. The van der Waals surface area contributed by atoms with E-state index < -0.39 is 0 Å². The monoisotopic (exact) mass is 267 g/mol. The molecule has 0 aliphatic carbocycles. The van der Waals surface area contributed by atoms with Crippen molar-refractivity contribution < 1.29 is 14.2 Å². The largest absolute Gasteiger partial charge is 0.497 e. The van der Waals surface area contributed by atoms with Crippen LogP contribution in [0.15, 0.2) is 18.2 Å². The fourth-order valence-corrected chi connectivity index (χ4v) is 1.63. The standard InChI is InChI=1S/C15H25NO3/c1-5-18-11-19-15-8-14(17-4)7-6-13(15)10-16-9-12(2)3/h6-8,12,16H,5,9-11H2,1-4H3. The summed E-state index contributed by atoms with van der Waals surface area (Å²) in [5, 5.41) is 3.41. The Kier molecular flexibility index (Phi) is 7.30. The van der Waals surface area contributed by atoms with Gasteiger partial charge in [0.15, 0.2) is 6.79 Å². The molecule has 0 amide bonds. The number of nitrogens with one attached hydrogen (secondary N) is 1. The van der Waals surface area contributed by atoms with E-state index in [9.17, 15) is 0 Å². The molecule has 1 aromatic rings. The summed E-state index contributed by atoms with van der Waals surface area (Å²) in [6, 6.07) is 5.86. The maximum absolute atomic E-state index is 5.64. The summed E-state index contributed by atoms with van der Waals surface area (Å²) in [6.07, 6.45) is 0. The van der Waals surface area contributed by atoms with Gasteiger partial charge in [0, 0.05) is 24.8 Å². The maximum Gasteiger partial charge on any atom is 0.189 e. The van der Waals surface area contributed by atoms with Gasteiger partial charge in [-0.2, -0.15) is 0 Å². The third kappa shape index (κ3) is 5.94. The first-order valence-electron chi connectivity index (χ1n) is 6.75. The Bertz CT molecular complexity index is 366. The zero-order valence-electron chi connectivity index (χ0n) is 12.4. The molecule has 0 saturated carbocycles. The molecule has 19 heavy (non-hydrogen) atoms. The second-order valence-corrected chi connectivity index (χ2v) is 4.75. The lowest BCUT2D eigenvalue weighted by Crippen LogP contribution is -2.19. The number of benzene rings is 1. The lowest BCUT2D eigenvalue weighted by Gasteiger charge is -2.14. The molecule has 4 nitrogen and oxygen atoms in total. The Morgan fingerprint density at radius 1 is 1.26 bits per heavy atom. The van der Waals surface area contributed by atoms with Crippen LogP contribution in [0, 0.1) is 5.92 Å². The molecule has 0 aromatic heterocycles. The fourth-order valence-electron chi connectivity index (χ4n) is 1.63. The smallest absolute Gasteiger partial charge is 0.189 e. The first-order chi connectivity index (χ1) is 9.17. The number of ether oxygens (including phenoxy) is 3. The average Bonchev–Trinajstić information content (AvgIpc) is 2.40. The molecule has 0 aliphatic rings. The summed E-state index contributed by atoms with van der Waals surface area (Å²) >= 11 is 0. The first-order valence-corrected chi connectivity index (χ1v) is 6.75. The van der Waals surface area contributed by atoms with Crippen LogP contribution in [0.5, 0.6) is 11.5 Å². The van der Waals surface area contributed by atoms with Crippen LogP contribution in [-0.2, 0) is 11.3 Å². The van der Waals surface area contributed by atoms with Gasteiger partial charge in [0.1, 0.15) is 11.5 Å². The van der Waals surface area contributed by atoms with Crippen molar-refractivity contribution in [3.63, 3.8) is 0 Å². The third-order valence-corrected chi connectivity index (χ3v) is 2.64. The predicted octanol–water partition coefficient (Wildman–Crippen LogP) is 2.81. The van der Waals surface area contributed by atoms with Gasteiger partial charge in [-0.1, -0.05) is 19.9 Å². The zero-order chi connectivity index (χ0) is 14.1. The fraction of sp³-hybridized carbons (Fsp3) is 0.600. The third-order valence-electron chi connectivity index (χ3n) is 2.64. The van der Waals surface area contributed by atoms with Crippen molar-refractivity contribution in [3.8, 4) is 11.5 Å². The van der Waals surface area contributed by atoms with Crippen LogP contribution >= 0.6 is 0 Å². The van der Waals surface area contributed by atoms with E-state index in [-0.39, 0.29) is 6.79 Å². The Morgan fingerprint density at radius 3 is 2.68 bits per heavy atom. The summed E-state index contributed by atoms with van der Waals surface area (Å²) in [5.74, 6) is 2.23. The second-order valence-electron chi connectivity index (χ2n) is 4.75. The highest BCUT2D eigenvalue weighted by Crippen LogP contribution is 2.24. The molecule has 0 atom stereocenters. The minimum atomic E-state index is 0.265. The lowest BCUT2D eigenvalue weighted by atomic mass is 10.1. The molecular weight excluding hydrogens is 242 g/mol. The van der Waals surface area contributed by atoms with Crippen molar-refractivity contribution in [1.82, 2.24) is 5.32 Å². The molecule has 1 N–H and O–H groups in total. The molecule has 0 radical (unpaired) electrons. The molecular formula is C15H25NO3. The van der Waals surface area contributed by atoms with E-state index in [1.807, 2.05) is 25.1 Å². The Morgan fingerprint density at radius 2 is 2.05 bits per heavy atom. The number of hydrogen-bond acceptors (Lipinski definition) is 4. The molecule has 4 heteroatoms. The Labute approximate surface area is 116 Å². The molecule has 0 heterocycles. The van der Waals surface area contributed by atoms with Gasteiger partial charge in [-0.3, -0.25) is 0 Å². The Balaban J connectivity index is 2.65. The second kappa shape index (κ2) is 8.77. The van der Waals surface area contributed by atoms with Crippen molar-refractivity contribution in [3.05, 3.63) is 23.8 Å². The van der Waals surface area contributed by atoms with Crippen LogP contribution in [0.3, 0.4) is 0 Å². The minimum Gasteiger partial charge on any atom is -0.497 e. The van der Waals surface area contributed by atoms with Crippen molar-refractivity contribution in [1.29, 1.82) is 0 Å². The van der Waals surface area contributed by atoms with Gasteiger partial charge in [-0.05, 0) is 25.5 Å². The van der Waals surface area contributed by atoms with Gasteiger partial charge < -0.3 is 19.5 Å². The number of methoxy groups -OCH3 is 1. The van der Waals surface area contributed by atoms with E-state index in [1.54, 1.807) is 7.11 Å². The van der Waals surface area contributed by atoms with Crippen LogP contribution in [0.25, 0.3) is 0 Å². The van der Waals surface area contributed by atoms with Gasteiger partial charge >= 0.3 is 0 Å². The quantitative estimate of drug-likeness (QED) is 0.551. The summed E-state index contributed by atoms with van der Waals surface area (Å²) in [7, 11) is 1.65. The van der Waals surface area contributed by atoms with Crippen LogP contribution in [0.4, 0.5) is 0 Å². The van der Waals surface area contributed by atoms with E-state index in [2.05, 4.69) is 19.2 Å². The van der Waals surface area contributed by atoms with E-state index in [4.69, 9.17) is 14.2 Å². The van der Waals surface area contributed by atoms with Crippen molar-refractivity contribution in [2.45, 2.75) is 27.3 Å². The summed E-state index contributed by atoms with van der Waals surface area (Å²) in [4.78, 5) is 0. The highest BCUT2D eigenvalue weighted by molar-refractivity contribution is 5.40. The van der Waals surface area contributed by atoms with Crippen molar-refractivity contribution >= 4 is 0 Å². The van der Waals surface area contributed by atoms with Crippen molar-refractivity contribution in [2.24, 2.45) is 5.92 Å². The van der Waals surface area contributed by atoms with Gasteiger partial charge in [-0.25, -0.2) is 0 Å². The van der Waals surface area contributed by atoms with Crippen LogP contribution < -0.4 is 14.8 Å². The summed E-state index contributed by atoms with van der Waals surface area (Å²) in [5.41, 5.74) is 1.11. The zero-order valence-corrected chi connectivity index (χ0v) is 12.4. The van der Waals surface area contributed by atoms with E-state index in [0.29, 0.717) is 12.5 Å². The van der Waals surface area contributed by atoms with E-state index in [1.165, 1.54) is 0 Å². The molecule has 0 aliphatic heterocycles. The van der Waals surface area contributed by atoms with Gasteiger partial charge in [-0.15, -0.1) is 0 Å². The topological polar surface area (TPSA) is 39.7 Å². The first kappa shape index (κ1) is 15.8. The summed E-state index contributed by atoms with van der Waals surface area (Å²) in [6.45, 7) is 8.99. The predicted molar refractivity (Wildman–Crippen MR) is 76.7 cm³/mol. The molecule has 0 bridgehead atoms. The number of hydrogen-bond donors (Lipinski definition) is 1. The van der Waals surface area contributed by atoms with Crippen LogP contribution in [0.1, 0.15) is 26.3 Å². The highest BCUT2D eigenvalue weighted by atomic mass is 16.7.